The Kier molecular flexibility index (Phi) is 7.30. The van der Waals surface area contributed by atoms with Gasteiger partial charge in [0, 0.05) is 22.8 Å². The van der Waals surface area contributed by atoms with Gasteiger partial charge in [-0.3, -0.25) is 0 Å². The van der Waals surface area contributed by atoms with Crippen LogP contribution in [0.1, 0.15) is 22.3 Å². The number of fused-ring (bicyclic) bond motifs is 2. The maximum atomic E-state index is 11.1. The molecule has 0 radical (unpaired) electrons. The minimum Gasteiger partial charge on any atom is -0.506 e. The molecule has 212 valence electrons. The van der Waals surface area contributed by atoms with E-state index in [1.807, 2.05) is 86.6 Å². The Morgan fingerprint density at radius 3 is 2.14 bits per heavy atom. The lowest BCUT2D eigenvalue weighted by molar-refractivity contribution is 0.475. The molecule has 6 rings (SSSR count). The summed E-state index contributed by atoms with van der Waals surface area (Å²) in [6, 6.07) is 31.1. The molecule has 0 saturated carbocycles. The van der Waals surface area contributed by atoms with E-state index in [4.69, 9.17) is 0 Å². The summed E-state index contributed by atoms with van der Waals surface area (Å²) < 4.78 is 0. The highest BCUT2D eigenvalue weighted by atomic mass is 16.3. The quantitative estimate of drug-likeness (QED) is 0.175. The summed E-state index contributed by atoms with van der Waals surface area (Å²) in [6.07, 6.45) is 0. The topological polar surface area (TPSA) is 102 Å². The van der Waals surface area contributed by atoms with Gasteiger partial charge in [0.15, 0.2) is 5.75 Å². The van der Waals surface area contributed by atoms with E-state index in [0.717, 1.165) is 44.3 Å². The first-order valence-electron chi connectivity index (χ1n) is 14.0. The molecule has 0 aliphatic heterocycles. The van der Waals surface area contributed by atoms with Gasteiger partial charge >= 0.3 is 0 Å². The molecule has 3 N–H and O–H groups in total. The Balaban J connectivity index is 1.24. The predicted octanol–water partition coefficient (Wildman–Crippen LogP) is 11.2. The fourth-order valence-electron chi connectivity index (χ4n) is 5.26. The van der Waals surface area contributed by atoms with Crippen LogP contribution in [0.2, 0.25) is 0 Å². The average Bonchev–Trinajstić information content (AvgIpc) is 2.98. The van der Waals surface area contributed by atoms with Crippen molar-refractivity contribution >= 4 is 55.7 Å². The molecule has 7 heteroatoms. The molecule has 6 aromatic carbocycles. The molecule has 0 unspecified atom stereocenters. The number of anilines is 2. The molecule has 0 bridgehead atoms. The van der Waals surface area contributed by atoms with Crippen LogP contribution in [0.5, 0.6) is 11.5 Å². The van der Waals surface area contributed by atoms with Crippen LogP contribution in [0.4, 0.5) is 34.1 Å². The van der Waals surface area contributed by atoms with Crippen LogP contribution in [-0.2, 0) is 0 Å². The molecule has 7 nitrogen and oxygen atoms in total. The zero-order valence-electron chi connectivity index (χ0n) is 24.4. The first-order valence-corrected chi connectivity index (χ1v) is 14.0. The van der Waals surface area contributed by atoms with Gasteiger partial charge in [0.25, 0.3) is 0 Å². The van der Waals surface area contributed by atoms with Crippen LogP contribution in [0, 0.1) is 27.7 Å². The minimum atomic E-state index is -0.0808. The van der Waals surface area contributed by atoms with Crippen LogP contribution in [0.25, 0.3) is 21.5 Å². The van der Waals surface area contributed by atoms with Gasteiger partial charge in [-0.15, -0.1) is 10.2 Å². The van der Waals surface area contributed by atoms with Gasteiger partial charge in [0.05, 0.1) is 11.4 Å². The molecule has 0 aromatic heterocycles. The summed E-state index contributed by atoms with van der Waals surface area (Å²) in [5.41, 5.74) is 7.72. The van der Waals surface area contributed by atoms with Crippen molar-refractivity contribution in [2.24, 2.45) is 20.5 Å². The average molecular weight is 566 g/mol. The number of aryl methyl sites for hydroxylation is 4. The lowest BCUT2D eigenvalue weighted by Gasteiger charge is -2.11. The second-order valence-corrected chi connectivity index (χ2v) is 10.8. The van der Waals surface area contributed by atoms with E-state index in [1.54, 1.807) is 6.07 Å². The van der Waals surface area contributed by atoms with Crippen LogP contribution < -0.4 is 5.32 Å². The highest BCUT2D eigenvalue weighted by Gasteiger charge is 2.12. The van der Waals surface area contributed by atoms with Gasteiger partial charge in [-0.2, -0.15) is 10.2 Å². The lowest BCUT2D eigenvalue weighted by Crippen LogP contribution is -1.90. The first kappa shape index (κ1) is 27.6. The molecule has 0 atom stereocenters. The molecule has 43 heavy (non-hydrogen) atoms. The zero-order valence-corrected chi connectivity index (χ0v) is 24.4. The third kappa shape index (κ3) is 5.78. The smallest absolute Gasteiger partial charge is 0.151 e. The van der Waals surface area contributed by atoms with Crippen LogP contribution in [0.15, 0.2) is 118 Å². The Labute approximate surface area is 249 Å². The SMILES string of the molecule is Cc1cc(C)c2cc(N=Nc3cc(O)c(N=Nc4c(C)cc5cc(Nc6ccccc6)ccc5c4O)cc3C)ccc2c1. The third-order valence-corrected chi connectivity index (χ3v) is 7.45. The highest BCUT2D eigenvalue weighted by Crippen LogP contribution is 2.41. The summed E-state index contributed by atoms with van der Waals surface area (Å²) in [6.45, 7) is 7.92. The summed E-state index contributed by atoms with van der Waals surface area (Å²) >= 11 is 0. The van der Waals surface area contributed by atoms with Crippen LogP contribution in [0.3, 0.4) is 0 Å². The van der Waals surface area contributed by atoms with E-state index >= 15 is 0 Å². The van der Waals surface area contributed by atoms with Crippen molar-refractivity contribution in [2.75, 3.05) is 5.32 Å². The normalized spacial score (nSPS) is 11.7. The molecule has 0 saturated heterocycles. The van der Waals surface area contributed by atoms with Gasteiger partial charge in [0.2, 0.25) is 0 Å². The number of benzene rings is 6. The molecule has 6 aromatic rings. The molecular weight excluding hydrogens is 534 g/mol. The minimum absolute atomic E-state index is 0.0347. The Bertz CT molecular complexity index is 2070. The molecule has 0 aliphatic rings. The zero-order chi connectivity index (χ0) is 30.1. The van der Waals surface area contributed by atoms with Crippen molar-refractivity contribution in [1.29, 1.82) is 0 Å². The Hall–Kier alpha value is -5.56. The molecule has 0 spiro atoms. The van der Waals surface area contributed by atoms with E-state index in [2.05, 4.69) is 51.8 Å². The van der Waals surface area contributed by atoms with Crippen LogP contribution in [-0.4, -0.2) is 10.2 Å². The van der Waals surface area contributed by atoms with Crippen molar-refractivity contribution in [3.63, 3.8) is 0 Å². The largest absolute Gasteiger partial charge is 0.506 e. The standard InChI is InChI=1S/C36H31N5O2/c1-21-14-22(2)31-19-29(11-10-25(31)15-21)38-39-32-20-34(42)33(17-23(32)3)40-41-35-24(4)16-26-18-28(12-13-30(26)36(35)43)37-27-8-6-5-7-9-27/h5-20,37,42-43H,1-4H3. The van der Waals surface area contributed by atoms with Crippen molar-refractivity contribution in [1.82, 2.24) is 0 Å². The lowest BCUT2D eigenvalue weighted by atomic mass is 10.0. The number of para-hydroxylation sites is 1. The van der Waals surface area contributed by atoms with Gasteiger partial charge in [-0.05, 0) is 115 Å². The maximum Gasteiger partial charge on any atom is 0.151 e. The number of rotatable bonds is 6. The van der Waals surface area contributed by atoms with E-state index in [1.165, 1.54) is 17.2 Å². The van der Waals surface area contributed by atoms with E-state index in [9.17, 15) is 10.2 Å². The molecular formula is C36H31N5O2. The molecule has 0 aliphatic carbocycles. The second kappa shape index (κ2) is 11.4. The molecule has 0 fully saturated rings. The van der Waals surface area contributed by atoms with Gasteiger partial charge < -0.3 is 15.5 Å². The molecule has 0 amide bonds. The fraction of sp³-hybridized carbons (Fsp3) is 0.111. The predicted molar refractivity (Wildman–Crippen MR) is 175 cm³/mol. The van der Waals surface area contributed by atoms with Crippen molar-refractivity contribution in [3.05, 3.63) is 119 Å². The number of nitrogens with one attached hydrogen (secondary N) is 1. The van der Waals surface area contributed by atoms with Crippen molar-refractivity contribution < 1.29 is 10.2 Å². The number of aromatic hydroxyl groups is 2. The van der Waals surface area contributed by atoms with Crippen LogP contribution >= 0.6 is 0 Å². The number of azo groups is 2. The number of hydrogen-bond acceptors (Lipinski definition) is 7. The van der Waals surface area contributed by atoms with Crippen molar-refractivity contribution in [3.8, 4) is 11.5 Å². The number of nitrogens with zero attached hydrogens (tertiary/aromatic N) is 4. The van der Waals surface area contributed by atoms with Gasteiger partial charge in [-0.1, -0.05) is 42.0 Å². The summed E-state index contributed by atoms with van der Waals surface area (Å²) in [7, 11) is 0. The van der Waals surface area contributed by atoms with E-state index in [-0.39, 0.29) is 17.2 Å². The Morgan fingerprint density at radius 2 is 1.33 bits per heavy atom. The number of phenols is 2. The van der Waals surface area contributed by atoms with Gasteiger partial charge in [-0.25, -0.2) is 0 Å². The summed E-state index contributed by atoms with van der Waals surface area (Å²) in [5.74, 6) is -0.0462. The highest BCUT2D eigenvalue weighted by molar-refractivity contribution is 5.96. The fourth-order valence-corrected chi connectivity index (χ4v) is 5.26. The number of phenolic OH excluding ortho intramolecular Hbond substituents is 2. The second-order valence-electron chi connectivity index (χ2n) is 10.8. The van der Waals surface area contributed by atoms with Crippen molar-refractivity contribution in [2.45, 2.75) is 27.7 Å². The third-order valence-electron chi connectivity index (χ3n) is 7.45. The van der Waals surface area contributed by atoms with E-state index < -0.39 is 0 Å². The van der Waals surface area contributed by atoms with Gasteiger partial charge in [0.1, 0.15) is 17.1 Å². The maximum absolute atomic E-state index is 11.1. The number of hydrogen-bond donors (Lipinski definition) is 3. The molecule has 0 heterocycles. The Morgan fingerprint density at radius 1 is 0.535 bits per heavy atom. The monoisotopic (exact) mass is 565 g/mol. The first-order chi connectivity index (χ1) is 20.7. The summed E-state index contributed by atoms with van der Waals surface area (Å²) in [5, 5.41) is 46.4. The van der Waals surface area contributed by atoms with E-state index in [0.29, 0.717) is 16.8 Å². The summed E-state index contributed by atoms with van der Waals surface area (Å²) in [4.78, 5) is 0.